The molecule has 3 nitrogen and oxygen atoms in total. The molecular weight excluding hydrogens is 318 g/mol. The molecule has 1 aliphatic rings. The van der Waals surface area contributed by atoms with E-state index in [-0.39, 0.29) is 6.04 Å². The first-order chi connectivity index (χ1) is 10.5. The van der Waals surface area contributed by atoms with Crippen LogP contribution in [0, 0.1) is 6.92 Å². The molecule has 0 spiro atoms. The van der Waals surface area contributed by atoms with Crippen LogP contribution < -0.4 is 0 Å². The third-order valence-electron chi connectivity index (χ3n) is 4.15. The van der Waals surface area contributed by atoms with Crippen LogP contribution in [0.1, 0.15) is 30.0 Å². The van der Waals surface area contributed by atoms with Crippen molar-refractivity contribution >= 4 is 21.6 Å². The number of halogens is 1. The standard InChI is InChI=1S/C17H18ClNO2S/c1-13-7-2-5-11-17(13)22(20,21)19-12-6-10-16(19)14-8-3-4-9-15(14)18/h2-5,7-9,11,16H,6,10,12H2,1H3. The van der Waals surface area contributed by atoms with Crippen molar-refractivity contribution < 1.29 is 8.42 Å². The third-order valence-corrected chi connectivity index (χ3v) is 6.56. The Morgan fingerprint density at radius 3 is 2.50 bits per heavy atom. The highest BCUT2D eigenvalue weighted by atomic mass is 35.5. The van der Waals surface area contributed by atoms with Gasteiger partial charge in [0.1, 0.15) is 0 Å². The van der Waals surface area contributed by atoms with Crippen molar-refractivity contribution in [1.29, 1.82) is 0 Å². The summed E-state index contributed by atoms with van der Waals surface area (Å²) in [5, 5.41) is 0.624. The van der Waals surface area contributed by atoms with Gasteiger partial charge in [0.25, 0.3) is 0 Å². The second-order valence-corrected chi connectivity index (χ2v) is 7.83. The van der Waals surface area contributed by atoms with E-state index in [2.05, 4.69) is 0 Å². The monoisotopic (exact) mass is 335 g/mol. The van der Waals surface area contributed by atoms with Crippen LogP contribution in [0.25, 0.3) is 0 Å². The quantitative estimate of drug-likeness (QED) is 0.844. The predicted octanol–water partition coefficient (Wildman–Crippen LogP) is 4.17. The van der Waals surface area contributed by atoms with Gasteiger partial charge in [-0.15, -0.1) is 0 Å². The normalized spacial score (nSPS) is 19.5. The van der Waals surface area contributed by atoms with E-state index in [1.54, 1.807) is 16.4 Å². The van der Waals surface area contributed by atoms with Crippen molar-refractivity contribution in [2.45, 2.75) is 30.7 Å². The molecule has 0 aliphatic carbocycles. The first-order valence-electron chi connectivity index (χ1n) is 7.34. The van der Waals surface area contributed by atoms with Gasteiger partial charge in [-0.25, -0.2) is 8.42 Å². The van der Waals surface area contributed by atoms with Crippen LogP contribution in [-0.4, -0.2) is 19.3 Å². The zero-order valence-corrected chi connectivity index (χ0v) is 13.9. The van der Waals surface area contributed by atoms with Gasteiger partial charge in [-0.3, -0.25) is 0 Å². The molecule has 2 aromatic carbocycles. The van der Waals surface area contributed by atoms with Crippen LogP contribution in [0.15, 0.2) is 53.4 Å². The van der Waals surface area contributed by atoms with Gasteiger partial charge >= 0.3 is 0 Å². The highest BCUT2D eigenvalue weighted by molar-refractivity contribution is 7.89. The van der Waals surface area contributed by atoms with Crippen molar-refractivity contribution in [2.24, 2.45) is 0 Å². The fraction of sp³-hybridized carbons (Fsp3) is 0.294. The molecule has 1 unspecified atom stereocenters. The van der Waals surface area contributed by atoms with E-state index in [1.807, 2.05) is 43.3 Å². The minimum Gasteiger partial charge on any atom is -0.207 e. The van der Waals surface area contributed by atoms with E-state index in [9.17, 15) is 8.42 Å². The van der Waals surface area contributed by atoms with Crippen LogP contribution >= 0.6 is 11.6 Å². The Labute approximate surface area is 136 Å². The molecule has 1 atom stereocenters. The predicted molar refractivity (Wildman–Crippen MR) is 88.5 cm³/mol. The molecule has 5 heteroatoms. The van der Waals surface area contributed by atoms with E-state index >= 15 is 0 Å². The highest BCUT2D eigenvalue weighted by Crippen LogP contribution is 2.39. The number of sulfonamides is 1. The molecule has 1 heterocycles. The fourth-order valence-electron chi connectivity index (χ4n) is 3.06. The van der Waals surface area contributed by atoms with Gasteiger partial charge in [-0.2, -0.15) is 4.31 Å². The van der Waals surface area contributed by atoms with E-state index in [4.69, 9.17) is 11.6 Å². The minimum absolute atomic E-state index is 0.182. The van der Waals surface area contributed by atoms with E-state index in [1.165, 1.54) is 0 Å². The molecule has 1 aliphatic heterocycles. The molecule has 22 heavy (non-hydrogen) atoms. The van der Waals surface area contributed by atoms with Crippen molar-refractivity contribution in [1.82, 2.24) is 4.31 Å². The summed E-state index contributed by atoms with van der Waals surface area (Å²) in [6.45, 7) is 2.36. The molecule has 0 radical (unpaired) electrons. The first kappa shape index (κ1) is 15.5. The van der Waals surface area contributed by atoms with Gasteiger partial charge in [0.2, 0.25) is 10.0 Å². The van der Waals surface area contributed by atoms with Crippen LogP contribution in [0.5, 0.6) is 0 Å². The number of hydrogen-bond donors (Lipinski definition) is 0. The largest absolute Gasteiger partial charge is 0.243 e. The summed E-state index contributed by atoms with van der Waals surface area (Å²) < 4.78 is 27.7. The number of benzene rings is 2. The lowest BCUT2D eigenvalue weighted by Gasteiger charge is -2.25. The topological polar surface area (TPSA) is 37.4 Å². The van der Waals surface area contributed by atoms with Crippen molar-refractivity contribution in [3.05, 3.63) is 64.7 Å². The van der Waals surface area contributed by atoms with Crippen LogP contribution in [0.2, 0.25) is 5.02 Å². The summed E-state index contributed by atoms with van der Waals surface area (Å²) in [7, 11) is -3.51. The first-order valence-corrected chi connectivity index (χ1v) is 9.15. The van der Waals surface area contributed by atoms with Crippen molar-refractivity contribution in [3.8, 4) is 0 Å². The Balaban J connectivity index is 2.04. The Hall–Kier alpha value is -1.36. The maximum absolute atomic E-state index is 13.0. The smallest absolute Gasteiger partial charge is 0.207 e. The van der Waals surface area contributed by atoms with Crippen LogP contribution in [0.4, 0.5) is 0 Å². The lowest BCUT2D eigenvalue weighted by molar-refractivity contribution is 0.396. The summed E-state index contributed by atoms with van der Waals surface area (Å²) in [6.07, 6.45) is 1.65. The molecular formula is C17H18ClNO2S. The summed E-state index contributed by atoms with van der Waals surface area (Å²) >= 11 is 6.28. The number of hydrogen-bond acceptors (Lipinski definition) is 2. The molecule has 1 fully saturated rings. The lowest BCUT2D eigenvalue weighted by atomic mass is 10.1. The van der Waals surface area contributed by atoms with Gasteiger partial charge in [0.15, 0.2) is 0 Å². The zero-order valence-electron chi connectivity index (χ0n) is 12.4. The van der Waals surface area contributed by atoms with E-state index in [0.29, 0.717) is 16.5 Å². The summed E-state index contributed by atoms with van der Waals surface area (Å²) in [5.74, 6) is 0. The second-order valence-electron chi connectivity index (χ2n) is 5.56. The maximum Gasteiger partial charge on any atom is 0.243 e. The van der Waals surface area contributed by atoms with Gasteiger partial charge in [0.05, 0.1) is 10.9 Å². The fourth-order valence-corrected chi connectivity index (χ4v) is 5.22. The Bertz CT molecular complexity index is 789. The van der Waals surface area contributed by atoms with Crippen molar-refractivity contribution in [2.75, 3.05) is 6.54 Å². The van der Waals surface area contributed by atoms with Crippen LogP contribution in [-0.2, 0) is 10.0 Å². The zero-order chi connectivity index (χ0) is 15.7. The Kier molecular flexibility index (Phi) is 4.26. The maximum atomic E-state index is 13.0. The van der Waals surface area contributed by atoms with Gasteiger partial charge in [-0.05, 0) is 43.0 Å². The number of rotatable bonds is 3. The minimum atomic E-state index is -3.51. The third kappa shape index (κ3) is 2.67. The number of nitrogens with zero attached hydrogens (tertiary/aromatic N) is 1. The summed E-state index contributed by atoms with van der Waals surface area (Å²) in [4.78, 5) is 0.383. The molecule has 1 saturated heterocycles. The average Bonchev–Trinajstić information content (AvgIpc) is 2.98. The highest BCUT2D eigenvalue weighted by Gasteiger charge is 2.37. The molecule has 0 N–H and O–H groups in total. The lowest BCUT2D eigenvalue weighted by Crippen LogP contribution is -2.31. The van der Waals surface area contributed by atoms with Crippen LogP contribution in [0.3, 0.4) is 0 Å². The van der Waals surface area contributed by atoms with Gasteiger partial charge in [-0.1, -0.05) is 48.0 Å². The summed E-state index contributed by atoms with van der Waals surface area (Å²) in [5.41, 5.74) is 1.66. The van der Waals surface area contributed by atoms with Crippen molar-refractivity contribution in [3.63, 3.8) is 0 Å². The molecule has 0 amide bonds. The second kappa shape index (κ2) is 6.03. The Morgan fingerprint density at radius 1 is 1.09 bits per heavy atom. The van der Waals surface area contributed by atoms with Gasteiger partial charge in [0, 0.05) is 11.6 Å². The Morgan fingerprint density at radius 2 is 1.77 bits per heavy atom. The molecule has 0 bridgehead atoms. The SMILES string of the molecule is Cc1ccccc1S(=O)(=O)N1CCCC1c1ccccc1Cl. The molecule has 2 aromatic rings. The molecule has 0 saturated carbocycles. The van der Waals surface area contributed by atoms with E-state index < -0.39 is 10.0 Å². The average molecular weight is 336 g/mol. The molecule has 3 rings (SSSR count). The van der Waals surface area contributed by atoms with Gasteiger partial charge < -0.3 is 0 Å². The molecule has 0 aromatic heterocycles. The van der Waals surface area contributed by atoms with E-state index in [0.717, 1.165) is 24.0 Å². The summed E-state index contributed by atoms with van der Waals surface area (Å²) in [6, 6.07) is 14.4. The number of aryl methyl sites for hydroxylation is 1. The molecule has 116 valence electrons.